The summed E-state index contributed by atoms with van der Waals surface area (Å²) < 4.78 is 46.9. The molecule has 0 heterocycles. The highest BCUT2D eigenvalue weighted by Crippen LogP contribution is 2.16. The van der Waals surface area contributed by atoms with Gasteiger partial charge in [-0.3, -0.25) is 4.72 Å². The van der Waals surface area contributed by atoms with Gasteiger partial charge in [0.1, 0.15) is 0 Å². The van der Waals surface area contributed by atoms with Gasteiger partial charge in [-0.15, -0.1) is 0 Å². The summed E-state index contributed by atoms with van der Waals surface area (Å²) in [5.74, 6) is -3.45. The molecule has 0 bridgehead atoms. The maximum absolute atomic E-state index is 11.9. The zero-order chi connectivity index (χ0) is 10.8. The predicted molar refractivity (Wildman–Crippen MR) is 50.0 cm³/mol. The lowest BCUT2D eigenvalue weighted by Gasteiger charge is -2.06. The topological polar surface area (TPSA) is 46.2 Å². The number of alkyl halides is 2. The molecule has 0 atom stereocenters. The van der Waals surface area contributed by atoms with E-state index in [9.17, 15) is 17.2 Å². The predicted octanol–water partition coefficient (Wildman–Crippen LogP) is 2.30. The van der Waals surface area contributed by atoms with Gasteiger partial charge in [0.15, 0.2) is 0 Å². The Bertz CT molecular complexity index is 404. The first kappa shape index (κ1) is 11.2. The van der Waals surface area contributed by atoms with Crippen molar-refractivity contribution in [1.82, 2.24) is 0 Å². The second kappa shape index (κ2) is 4.10. The summed E-state index contributed by atoms with van der Waals surface area (Å²) in [6.45, 7) is 0. The van der Waals surface area contributed by atoms with Crippen molar-refractivity contribution in [3.63, 3.8) is 0 Å². The Kier molecular flexibility index (Phi) is 3.28. The molecule has 0 saturated carbocycles. The summed E-state index contributed by atoms with van der Waals surface area (Å²) in [5, 5.41) is 0.394. The van der Waals surface area contributed by atoms with Gasteiger partial charge in [-0.1, -0.05) is 11.6 Å². The van der Waals surface area contributed by atoms with Crippen molar-refractivity contribution in [2.45, 2.75) is 5.76 Å². The summed E-state index contributed by atoms with van der Waals surface area (Å²) in [6, 6.07) is 5.38. The van der Waals surface area contributed by atoms with Crippen molar-refractivity contribution in [2.75, 3.05) is 4.72 Å². The first-order valence-electron chi connectivity index (χ1n) is 3.47. The quantitative estimate of drug-likeness (QED) is 0.883. The first-order chi connectivity index (χ1) is 6.42. The van der Waals surface area contributed by atoms with Gasteiger partial charge < -0.3 is 0 Å². The van der Waals surface area contributed by atoms with Crippen LogP contribution in [0, 0.1) is 0 Å². The van der Waals surface area contributed by atoms with Crippen molar-refractivity contribution in [1.29, 1.82) is 0 Å². The third-order valence-corrected chi connectivity index (χ3v) is 2.58. The molecule has 0 saturated heterocycles. The summed E-state index contributed by atoms with van der Waals surface area (Å²) in [7, 11) is -4.59. The maximum Gasteiger partial charge on any atom is 0.355 e. The van der Waals surface area contributed by atoms with E-state index in [0.717, 1.165) is 0 Å². The second-order valence-electron chi connectivity index (χ2n) is 2.41. The Labute approximate surface area is 84.7 Å². The summed E-state index contributed by atoms with van der Waals surface area (Å²) >= 11 is 5.52. The van der Waals surface area contributed by atoms with E-state index in [2.05, 4.69) is 0 Å². The minimum absolute atomic E-state index is 0.0506. The van der Waals surface area contributed by atoms with E-state index < -0.39 is 15.8 Å². The highest BCUT2D eigenvalue weighted by molar-refractivity contribution is 7.93. The van der Waals surface area contributed by atoms with Crippen LogP contribution in [0.2, 0.25) is 5.02 Å². The Morgan fingerprint density at radius 1 is 1.21 bits per heavy atom. The van der Waals surface area contributed by atoms with Gasteiger partial charge in [-0.2, -0.15) is 8.78 Å². The molecule has 1 aromatic rings. The van der Waals surface area contributed by atoms with Gasteiger partial charge in [0.25, 0.3) is 10.0 Å². The highest BCUT2D eigenvalue weighted by atomic mass is 35.5. The minimum atomic E-state index is -4.59. The fourth-order valence-corrected chi connectivity index (χ4v) is 1.41. The van der Waals surface area contributed by atoms with Gasteiger partial charge in [-0.05, 0) is 24.3 Å². The molecule has 0 unspecified atom stereocenters. The van der Waals surface area contributed by atoms with E-state index in [1.54, 1.807) is 4.72 Å². The Balaban J connectivity index is 2.85. The molecule has 3 nitrogen and oxygen atoms in total. The van der Waals surface area contributed by atoms with Crippen LogP contribution < -0.4 is 4.72 Å². The summed E-state index contributed by atoms with van der Waals surface area (Å²) in [4.78, 5) is 0. The third-order valence-electron chi connectivity index (χ3n) is 1.34. The standard InChI is InChI=1S/C7H6ClF2NO2S/c8-5-1-3-6(4-2-5)11-14(12,13)7(9)10/h1-4,7,11H. The van der Waals surface area contributed by atoms with E-state index in [4.69, 9.17) is 11.6 Å². The molecule has 0 aliphatic carbocycles. The number of nitrogens with one attached hydrogen (secondary N) is 1. The zero-order valence-electron chi connectivity index (χ0n) is 6.75. The minimum Gasteiger partial charge on any atom is -0.279 e. The average Bonchev–Trinajstić information content (AvgIpc) is 2.08. The molecule has 14 heavy (non-hydrogen) atoms. The molecule has 78 valence electrons. The van der Waals surface area contributed by atoms with E-state index in [0.29, 0.717) is 5.02 Å². The van der Waals surface area contributed by atoms with Crippen molar-refractivity contribution in [2.24, 2.45) is 0 Å². The normalized spacial score (nSPS) is 11.7. The van der Waals surface area contributed by atoms with E-state index >= 15 is 0 Å². The Morgan fingerprint density at radius 3 is 2.14 bits per heavy atom. The maximum atomic E-state index is 11.9. The summed E-state index contributed by atoms with van der Waals surface area (Å²) in [5.41, 5.74) is 0.0506. The number of rotatable bonds is 3. The molecule has 7 heteroatoms. The van der Waals surface area contributed by atoms with Crippen LogP contribution in [0.25, 0.3) is 0 Å². The molecule has 0 aliphatic rings. The van der Waals surface area contributed by atoms with Crippen LogP contribution in [0.3, 0.4) is 0 Å². The fourth-order valence-electron chi connectivity index (χ4n) is 0.727. The number of sulfonamides is 1. The van der Waals surface area contributed by atoms with Gasteiger partial charge in [-0.25, -0.2) is 8.42 Å². The molecule has 1 N–H and O–H groups in total. The number of anilines is 1. The van der Waals surface area contributed by atoms with Crippen LogP contribution in [-0.2, 0) is 10.0 Å². The third kappa shape index (κ3) is 2.81. The van der Waals surface area contributed by atoms with Crippen LogP contribution in [0.15, 0.2) is 24.3 Å². The molecule has 0 fully saturated rings. The lowest BCUT2D eigenvalue weighted by Crippen LogP contribution is -2.20. The molecule has 0 spiro atoms. The molecule has 0 aromatic heterocycles. The van der Waals surface area contributed by atoms with Crippen LogP contribution >= 0.6 is 11.6 Å². The molecule has 0 radical (unpaired) electrons. The highest BCUT2D eigenvalue weighted by Gasteiger charge is 2.23. The van der Waals surface area contributed by atoms with Crippen molar-refractivity contribution in [3.05, 3.63) is 29.3 Å². The number of benzene rings is 1. The molecule has 1 rings (SSSR count). The molecule has 0 aliphatic heterocycles. The molecular formula is C7H6ClF2NO2S. The van der Waals surface area contributed by atoms with Crippen LogP contribution in [0.4, 0.5) is 14.5 Å². The lowest BCUT2D eigenvalue weighted by atomic mass is 10.3. The molecular weight excluding hydrogens is 236 g/mol. The van der Waals surface area contributed by atoms with E-state index in [-0.39, 0.29) is 5.69 Å². The van der Waals surface area contributed by atoms with Crippen molar-refractivity contribution in [3.8, 4) is 0 Å². The smallest absolute Gasteiger partial charge is 0.279 e. The van der Waals surface area contributed by atoms with Crippen LogP contribution in [-0.4, -0.2) is 14.2 Å². The van der Waals surface area contributed by atoms with Gasteiger partial charge in [0.2, 0.25) is 0 Å². The van der Waals surface area contributed by atoms with E-state index in [1.807, 2.05) is 0 Å². The second-order valence-corrected chi connectivity index (χ2v) is 4.50. The Morgan fingerprint density at radius 2 is 1.71 bits per heavy atom. The monoisotopic (exact) mass is 241 g/mol. The zero-order valence-corrected chi connectivity index (χ0v) is 8.32. The first-order valence-corrected chi connectivity index (χ1v) is 5.39. The SMILES string of the molecule is O=S(=O)(Nc1ccc(Cl)cc1)C(F)F. The number of hydrogen-bond acceptors (Lipinski definition) is 2. The molecule has 0 amide bonds. The largest absolute Gasteiger partial charge is 0.355 e. The van der Waals surface area contributed by atoms with Gasteiger partial charge in [0.05, 0.1) is 0 Å². The van der Waals surface area contributed by atoms with Crippen LogP contribution in [0.1, 0.15) is 0 Å². The number of hydrogen-bond donors (Lipinski definition) is 1. The average molecular weight is 242 g/mol. The summed E-state index contributed by atoms with van der Waals surface area (Å²) in [6.07, 6.45) is 0. The van der Waals surface area contributed by atoms with Crippen molar-refractivity contribution < 1.29 is 17.2 Å². The van der Waals surface area contributed by atoms with Crippen LogP contribution in [0.5, 0.6) is 0 Å². The van der Waals surface area contributed by atoms with Gasteiger partial charge >= 0.3 is 5.76 Å². The van der Waals surface area contributed by atoms with Crippen molar-refractivity contribution >= 4 is 27.3 Å². The van der Waals surface area contributed by atoms with Gasteiger partial charge in [0, 0.05) is 10.7 Å². The molecule has 1 aromatic carbocycles. The lowest BCUT2D eigenvalue weighted by molar-refractivity contribution is 0.236. The number of halogens is 3. The fraction of sp³-hybridized carbons (Fsp3) is 0.143. The Hall–Kier alpha value is -0.880. The van der Waals surface area contributed by atoms with E-state index in [1.165, 1.54) is 24.3 Å².